The molecule has 2 aromatic heterocycles. The summed E-state index contributed by atoms with van der Waals surface area (Å²) in [6, 6.07) is 0. The van der Waals surface area contributed by atoms with Gasteiger partial charge in [0.1, 0.15) is 12.0 Å². The molecule has 7 heteroatoms. The van der Waals surface area contributed by atoms with Crippen LogP contribution in [0.2, 0.25) is 0 Å². The largest absolute Gasteiger partial charge is 0.359 e. The Labute approximate surface area is 153 Å². The smallest absolute Gasteiger partial charge is 0.273 e. The first-order chi connectivity index (χ1) is 12.5. The Morgan fingerprint density at radius 3 is 2.50 bits per heavy atom. The topological polar surface area (TPSA) is 86.3 Å². The third-order valence-electron chi connectivity index (χ3n) is 4.80. The van der Waals surface area contributed by atoms with Gasteiger partial charge in [0.25, 0.3) is 5.91 Å². The average Bonchev–Trinajstić information content (AvgIpc) is 3.14. The number of hydrogen-bond acceptors (Lipinski definition) is 5. The number of hydrogen-bond donors (Lipinski definition) is 2. The van der Waals surface area contributed by atoms with Gasteiger partial charge in [-0.15, -0.1) is 0 Å². The van der Waals surface area contributed by atoms with E-state index in [-0.39, 0.29) is 5.91 Å². The maximum absolute atomic E-state index is 12.3. The first-order valence-electron chi connectivity index (χ1n) is 8.81. The van der Waals surface area contributed by atoms with Crippen LogP contribution in [-0.4, -0.2) is 44.6 Å². The van der Waals surface area contributed by atoms with Crippen LogP contribution in [0.3, 0.4) is 0 Å². The highest BCUT2D eigenvalue weighted by atomic mass is 16.2. The van der Waals surface area contributed by atoms with Crippen molar-refractivity contribution in [3.05, 3.63) is 52.4 Å². The molecule has 0 aliphatic carbocycles. The normalized spacial score (nSPS) is 15.7. The summed E-state index contributed by atoms with van der Waals surface area (Å²) in [5.74, 6) is -0.221. The van der Waals surface area contributed by atoms with Crippen LogP contribution in [0.1, 0.15) is 41.9 Å². The fourth-order valence-electron chi connectivity index (χ4n) is 3.12. The van der Waals surface area contributed by atoms with Crippen molar-refractivity contribution in [3.8, 4) is 0 Å². The van der Waals surface area contributed by atoms with Gasteiger partial charge >= 0.3 is 0 Å². The summed E-state index contributed by atoms with van der Waals surface area (Å²) in [6.45, 7) is 11.4. The van der Waals surface area contributed by atoms with Crippen LogP contribution in [0.15, 0.2) is 29.4 Å². The number of aromatic nitrogens is 3. The summed E-state index contributed by atoms with van der Waals surface area (Å²) in [6.07, 6.45) is 6.62. The number of aromatic amines is 1. The van der Waals surface area contributed by atoms with Gasteiger partial charge in [-0.3, -0.25) is 9.69 Å². The summed E-state index contributed by atoms with van der Waals surface area (Å²) in [5, 5.41) is 4.15. The lowest BCUT2D eigenvalue weighted by molar-refractivity contribution is -0.116. The first kappa shape index (κ1) is 18.0. The van der Waals surface area contributed by atoms with Gasteiger partial charge in [-0.25, -0.2) is 15.4 Å². The highest BCUT2D eigenvalue weighted by Crippen LogP contribution is 2.24. The van der Waals surface area contributed by atoms with Gasteiger partial charge < -0.3 is 4.98 Å². The summed E-state index contributed by atoms with van der Waals surface area (Å²) in [7, 11) is 0. The summed E-state index contributed by atoms with van der Waals surface area (Å²) in [4.78, 5) is 26.1. The minimum absolute atomic E-state index is 0.221. The van der Waals surface area contributed by atoms with E-state index in [9.17, 15) is 4.79 Å². The zero-order chi connectivity index (χ0) is 18.7. The molecule has 2 N–H and O–H groups in total. The fraction of sp³-hybridized carbons (Fsp3) is 0.368. The van der Waals surface area contributed by atoms with E-state index in [0.29, 0.717) is 16.8 Å². The number of carbonyl (C=O) groups is 1. The van der Waals surface area contributed by atoms with Crippen LogP contribution < -0.4 is 5.43 Å². The molecule has 0 spiro atoms. The van der Waals surface area contributed by atoms with E-state index in [2.05, 4.69) is 58.1 Å². The number of nitrogens with one attached hydrogen (secondary N) is 2. The Balaban J connectivity index is 1.96. The van der Waals surface area contributed by atoms with Gasteiger partial charge in [0.15, 0.2) is 0 Å². The van der Waals surface area contributed by atoms with Crippen molar-refractivity contribution in [1.82, 2.24) is 25.3 Å². The molecule has 0 saturated carbocycles. The number of H-pyrrole nitrogens is 1. The summed E-state index contributed by atoms with van der Waals surface area (Å²) in [5.41, 5.74) is 8.81. The van der Waals surface area contributed by atoms with Gasteiger partial charge in [-0.05, 0) is 44.1 Å². The molecular weight excluding hydrogens is 328 g/mol. The number of hydrazone groups is 1. The molecule has 3 heterocycles. The molecule has 0 fully saturated rings. The van der Waals surface area contributed by atoms with Crippen LogP contribution in [-0.2, 0) is 11.3 Å². The van der Waals surface area contributed by atoms with Crippen LogP contribution in [0.5, 0.6) is 0 Å². The van der Waals surface area contributed by atoms with Gasteiger partial charge in [0.05, 0.1) is 5.57 Å². The second-order valence-corrected chi connectivity index (χ2v) is 6.32. The number of nitrogens with zero attached hydrogens (tertiary/aromatic N) is 4. The third kappa shape index (κ3) is 3.43. The predicted molar refractivity (Wildman–Crippen MR) is 102 cm³/mol. The van der Waals surface area contributed by atoms with Gasteiger partial charge in [0.2, 0.25) is 0 Å². The van der Waals surface area contributed by atoms with Crippen LogP contribution in [0.25, 0.3) is 6.08 Å². The number of amides is 1. The average molecular weight is 352 g/mol. The van der Waals surface area contributed by atoms with Gasteiger partial charge in [0, 0.05) is 35.9 Å². The molecule has 0 unspecified atom stereocenters. The van der Waals surface area contributed by atoms with E-state index < -0.39 is 0 Å². The van der Waals surface area contributed by atoms with Crippen molar-refractivity contribution in [2.24, 2.45) is 5.10 Å². The zero-order valence-electron chi connectivity index (χ0n) is 15.6. The highest BCUT2D eigenvalue weighted by molar-refractivity contribution is 6.33. The highest BCUT2D eigenvalue weighted by Gasteiger charge is 2.25. The molecule has 2 aromatic rings. The molecular formula is C19H24N6O. The van der Waals surface area contributed by atoms with E-state index in [0.717, 1.165) is 36.6 Å². The molecule has 0 atom stereocenters. The Kier molecular flexibility index (Phi) is 5.27. The number of aryl methyl sites for hydroxylation is 1. The molecule has 1 aliphatic heterocycles. The molecule has 0 aromatic carbocycles. The molecule has 136 valence electrons. The van der Waals surface area contributed by atoms with Crippen molar-refractivity contribution >= 4 is 17.7 Å². The standard InChI is InChI=1S/C19H24N6O/c1-5-25(6-2)10-16-12(3)17(22-13(16)4)7-15-18(23-24-19(15)26)14-8-20-11-21-9-14/h7-9,11,22H,5-6,10H2,1-4H3,(H,24,26)/b15-7+. The quantitative estimate of drug-likeness (QED) is 0.780. The van der Waals surface area contributed by atoms with Crippen molar-refractivity contribution in [1.29, 1.82) is 0 Å². The Hall–Kier alpha value is -2.80. The predicted octanol–water partition coefficient (Wildman–Crippen LogP) is 2.18. The molecule has 1 amide bonds. The van der Waals surface area contributed by atoms with Crippen molar-refractivity contribution < 1.29 is 4.79 Å². The van der Waals surface area contributed by atoms with Gasteiger partial charge in [-0.1, -0.05) is 13.8 Å². The maximum Gasteiger partial charge on any atom is 0.273 e. The van der Waals surface area contributed by atoms with E-state index in [4.69, 9.17) is 0 Å². The molecule has 0 radical (unpaired) electrons. The minimum Gasteiger partial charge on any atom is -0.359 e. The Bertz CT molecular complexity index is 862. The maximum atomic E-state index is 12.3. The molecule has 0 saturated heterocycles. The summed E-state index contributed by atoms with van der Waals surface area (Å²) >= 11 is 0. The lowest BCUT2D eigenvalue weighted by atomic mass is 10.0. The first-order valence-corrected chi connectivity index (χ1v) is 8.81. The second-order valence-electron chi connectivity index (χ2n) is 6.32. The third-order valence-corrected chi connectivity index (χ3v) is 4.80. The monoisotopic (exact) mass is 352 g/mol. The molecule has 7 nitrogen and oxygen atoms in total. The van der Waals surface area contributed by atoms with Gasteiger partial charge in [-0.2, -0.15) is 5.10 Å². The Morgan fingerprint density at radius 2 is 1.85 bits per heavy atom. The van der Waals surface area contributed by atoms with Crippen molar-refractivity contribution in [3.63, 3.8) is 0 Å². The molecule has 3 rings (SSSR count). The summed E-state index contributed by atoms with van der Waals surface area (Å²) < 4.78 is 0. The van der Waals surface area contributed by atoms with E-state index >= 15 is 0 Å². The zero-order valence-corrected chi connectivity index (χ0v) is 15.6. The van der Waals surface area contributed by atoms with Crippen LogP contribution in [0.4, 0.5) is 0 Å². The minimum atomic E-state index is -0.221. The van der Waals surface area contributed by atoms with Crippen LogP contribution in [0, 0.1) is 13.8 Å². The molecule has 0 bridgehead atoms. The number of carbonyl (C=O) groups excluding carboxylic acids is 1. The lowest BCUT2D eigenvalue weighted by Crippen LogP contribution is -2.22. The molecule has 26 heavy (non-hydrogen) atoms. The lowest BCUT2D eigenvalue weighted by Gasteiger charge is -2.18. The van der Waals surface area contributed by atoms with Crippen molar-refractivity contribution in [2.45, 2.75) is 34.2 Å². The van der Waals surface area contributed by atoms with E-state index in [1.807, 2.05) is 6.08 Å². The Morgan fingerprint density at radius 1 is 1.15 bits per heavy atom. The second kappa shape index (κ2) is 7.61. The number of rotatable bonds is 6. The van der Waals surface area contributed by atoms with E-state index in [1.54, 1.807) is 12.4 Å². The fourth-order valence-corrected chi connectivity index (χ4v) is 3.12. The van der Waals surface area contributed by atoms with E-state index in [1.165, 1.54) is 11.9 Å². The SMILES string of the molecule is CCN(CC)Cc1c(C)[nH]c(/C=C2/C(=O)NN=C2c2cncnc2)c1C. The van der Waals surface area contributed by atoms with Crippen LogP contribution >= 0.6 is 0 Å². The molecule has 1 aliphatic rings. The van der Waals surface area contributed by atoms with Crippen molar-refractivity contribution in [2.75, 3.05) is 13.1 Å².